The largest absolute Gasteiger partial charge is 0.494 e. The first-order valence-corrected chi connectivity index (χ1v) is 11.5. The van der Waals surface area contributed by atoms with Gasteiger partial charge < -0.3 is 14.8 Å². The molecule has 0 atom stereocenters. The van der Waals surface area contributed by atoms with E-state index in [1.807, 2.05) is 29.6 Å². The van der Waals surface area contributed by atoms with Crippen molar-refractivity contribution in [3.05, 3.63) is 53.9 Å². The van der Waals surface area contributed by atoms with Crippen LogP contribution < -0.4 is 20.1 Å². The number of hydrogen-bond donors (Lipinski definition) is 2. The fourth-order valence-electron chi connectivity index (χ4n) is 2.96. The fourth-order valence-corrected chi connectivity index (χ4v) is 3.70. The minimum atomic E-state index is -0.304. The van der Waals surface area contributed by atoms with Gasteiger partial charge in [-0.15, -0.1) is 11.3 Å². The van der Waals surface area contributed by atoms with Gasteiger partial charge in [-0.2, -0.15) is 0 Å². The second-order valence-corrected chi connectivity index (χ2v) is 8.40. The van der Waals surface area contributed by atoms with E-state index in [0.29, 0.717) is 23.2 Å². The second kappa shape index (κ2) is 10.3. The maximum atomic E-state index is 12.3. The number of benzene rings is 2. The first-order valence-electron chi connectivity index (χ1n) is 10.6. The summed E-state index contributed by atoms with van der Waals surface area (Å²) in [5, 5.41) is 8.03. The Balaban J connectivity index is 1.27. The third-order valence-electron chi connectivity index (χ3n) is 4.79. The zero-order valence-electron chi connectivity index (χ0n) is 17.8. The second-order valence-electron chi connectivity index (χ2n) is 7.54. The number of carbonyl (C=O) groups excluding carboxylic acids is 2. The average molecular weight is 452 g/mol. The van der Waals surface area contributed by atoms with Crippen molar-refractivity contribution in [2.24, 2.45) is 5.92 Å². The molecule has 2 amide bonds. The molecular formula is C24H25N3O4S. The van der Waals surface area contributed by atoms with Crippen LogP contribution in [0.5, 0.6) is 11.5 Å². The summed E-state index contributed by atoms with van der Waals surface area (Å²) in [6, 6.07) is 14.8. The molecule has 1 aliphatic carbocycles. The van der Waals surface area contributed by atoms with Crippen LogP contribution in [0.2, 0.25) is 0 Å². The summed E-state index contributed by atoms with van der Waals surface area (Å²) in [5.74, 6) is 1.19. The number of nitrogens with zero attached hydrogens (tertiary/aromatic N) is 1. The van der Waals surface area contributed by atoms with Gasteiger partial charge in [-0.1, -0.05) is 13.0 Å². The molecule has 1 fully saturated rings. The molecule has 1 aromatic heterocycles. The zero-order chi connectivity index (χ0) is 22.3. The van der Waals surface area contributed by atoms with Crippen LogP contribution in [0, 0.1) is 5.92 Å². The van der Waals surface area contributed by atoms with E-state index in [4.69, 9.17) is 9.47 Å². The van der Waals surface area contributed by atoms with E-state index in [2.05, 4.69) is 22.5 Å². The van der Waals surface area contributed by atoms with Gasteiger partial charge >= 0.3 is 0 Å². The highest BCUT2D eigenvalue weighted by atomic mass is 32.1. The molecule has 32 heavy (non-hydrogen) atoms. The highest BCUT2D eigenvalue weighted by Crippen LogP contribution is 2.30. The molecule has 0 saturated heterocycles. The van der Waals surface area contributed by atoms with E-state index in [-0.39, 0.29) is 24.3 Å². The molecule has 0 aliphatic heterocycles. The first kappa shape index (κ1) is 21.8. The topological polar surface area (TPSA) is 89.5 Å². The smallest absolute Gasteiger partial charge is 0.264 e. The van der Waals surface area contributed by atoms with Crippen molar-refractivity contribution in [2.45, 2.75) is 26.2 Å². The number of carbonyl (C=O) groups is 2. The minimum Gasteiger partial charge on any atom is -0.494 e. The molecule has 1 heterocycles. The van der Waals surface area contributed by atoms with Crippen LogP contribution >= 0.6 is 11.3 Å². The molecule has 7 nitrogen and oxygen atoms in total. The van der Waals surface area contributed by atoms with Crippen LogP contribution in [0.3, 0.4) is 0 Å². The number of amides is 2. The highest BCUT2D eigenvalue weighted by molar-refractivity contribution is 7.14. The number of ether oxygens (including phenoxy) is 2. The molecule has 0 spiro atoms. The third kappa shape index (κ3) is 6.07. The molecular weight excluding hydrogens is 426 g/mol. The number of thiazole rings is 1. The quantitative estimate of drug-likeness (QED) is 0.455. The molecule has 0 unspecified atom stereocenters. The van der Waals surface area contributed by atoms with Crippen LogP contribution in [0.4, 0.5) is 10.8 Å². The molecule has 1 aliphatic rings. The Morgan fingerprint density at radius 1 is 1.06 bits per heavy atom. The summed E-state index contributed by atoms with van der Waals surface area (Å²) in [6.45, 7) is 2.60. The van der Waals surface area contributed by atoms with Crippen LogP contribution in [0.25, 0.3) is 11.3 Å². The van der Waals surface area contributed by atoms with Crippen LogP contribution in [0.1, 0.15) is 26.2 Å². The van der Waals surface area contributed by atoms with Crippen molar-refractivity contribution in [3.63, 3.8) is 0 Å². The lowest BCUT2D eigenvalue weighted by molar-refractivity contribution is -0.118. The van der Waals surface area contributed by atoms with Crippen molar-refractivity contribution in [2.75, 3.05) is 23.8 Å². The molecule has 2 N–H and O–H groups in total. The Hall–Kier alpha value is -3.39. The molecule has 1 saturated carbocycles. The summed E-state index contributed by atoms with van der Waals surface area (Å²) in [6.07, 6.45) is 2.85. The molecule has 3 aromatic rings. The van der Waals surface area contributed by atoms with E-state index in [1.54, 1.807) is 24.3 Å². The number of nitrogens with one attached hydrogen (secondary N) is 2. The van der Waals surface area contributed by atoms with Gasteiger partial charge in [0, 0.05) is 28.6 Å². The van der Waals surface area contributed by atoms with Gasteiger partial charge in [0.2, 0.25) is 5.91 Å². The number of hydrogen-bond acceptors (Lipinski definition) is 6. The summed E-state index contributed by atoms with van der Waals surface area (Å²) in [5.41, 5.74) is 2.40. The van der Waals surface area contributed by atoms with Crippen LogP contribution in [-0.4, -0.2) is 30.0 Å². The summed E-state index contributed by atoms with van der Waals surface area (Å²) in [7, 11) is 0. The van der Waals surface area contributed by atoms with E-state index in [0.717, 1.165) is 36.3 Å². The monoisotopic (exact) mass is 451 g/mol. The van der Waals surface area contributed by atoms with Gasteiger partial charge in [-0.3, -0.25) is 14.9 Å². The first-order chi connectivity index (χ1) is 15.6. The van der Waals surface area contributed by atoms with Gasteiger partial charge in [-0.25, -0.2) is 4.98 Å². The number of anilines is 2. The standard InChI is InChI=1S/C24H25N3O4S/c1-2-12-30-19-10-8-16(9-11-19)21-15-32-24(26-21)27-22(28)14-31-20-5-3-4-18(13-20)25-23(29)17-6-7-17/h3-5,8-11,13,15,17H,2,6-7,12,14H2,1H3,(H,25,29)(H,26,27,28). The van der Waals surface area contributed by atoms with E-state index in [9.17, 15) is 9.59 Å². The van der Waals surface area contributed by atoms with Crippen molar-refractivity contribution < 1.29 is 19.1 Å². The Bertz CT molecular complexity index is 1080. The molecule has 4 rings (SSSR count). The predicted molar refractivity (Wildman–Crippen MR) is 125 cm³/mol. The molecule has 0 bridgehead atoms. The van der Waals surface area contributed by atoms with Gasteiger partial charge in [0.1, 0.15) is 11.5 Å². The normalized spacial score (nSPS) is 12.8. The summed E-state index contributed by atoms with van der Waals surface area (Å²) < 4.78 is 11.2. The Kier molecular flexibility index (Phi) is 7.01. The predicted octanol–water partition coefficient (Wildman–Crippen LogP) is 4.96. The van der Waals surface area contributed by atoms with Crippen molar-refractivity contribution >= 4 is 34.0 Å². The van der Waals surface area contributed by atoms with Gasteiger partial charge in [0.25, 0.3) is 5.91 Å². The minimum absolute atomic E-state index is 0.0302. The van der Waals surface area contributed by atoms with Crippen molar-refractivity contribution in [3.8, 4) is 22.8 Å². The third-order valence-corrected chi connectivity index (χ3v) is 5.55. The molecule has 2 aromatic carbocycles. The van der Waals surface area contributed by atoms with Crippen molar-refractivity contribution in [1.29, 1.82) is 0 Å². The lowest BCUT2D eigenvalue weighted by atomic mass is 10.2. The van der Waals surface area contributed by atoms with Crippen LogP contribution in [-0.2, 0) is 9.59 Å². The maximum absolute atomic E-state index is 12.3. The van der Waals surface area contributed by atoms with Crippen LogP contribution in [0.15, 0.2) is 53.9 Å². The number of aromatic nitrogens is 1. The summed E-state index contributed by atoms with van der Waals surface area (Å²) in [4.78, 5) is 28.7. The van der Waals surface area contributed by atoms with E-state index >= 15 is 0 Å². The van der Waals surface area contributed by atoms with E-state index < -0.39 is 0 Å². The molecule has 0 radical (unpaired) electrons. The molecule has 8 heteroatoms. The van der Waals surface area contributed by atoms with Gasteiger partial charge in [0.15, 0.2) is 11.7 Å². The Morgan fingerprint density at radius 3 is 2.62 bits per heavy atom. The van der Waals surface area contributed by atoms with Gasteiger partial charge in [-0.05, 0) is 55.7 Å². The highest BCUT2D eigenvalue weighted by Gasteiger charge is 2.29. The van der Waals surface area contributed by atoms with Crippen molar-refractivity contribution in [1.82, 2.24) is 4.98 Å². The lowest BCUT2D eigenvalue weighted by Gasteiger charge is -2.09. The van der Waals surface area contributed by atoms with Gasteiger partial charge in [0.05, 0.1) is 12.3 Å². The summed E-state index contributed by atoms with van der Waals surface area (Å²) >= 11 is 1.35. The zero-order valence-corrected chi connectivity index (χ0v) is 18.6. The molecule has 166 valence electrons. The van der Waals surface area contributed by atoms with E-state index in [1.165, 1.54) is 11.3 Å². The average Bonchev–Trinajstić information content (AvgIpc) is 3.56. The fraction of sp³-hybridized carbons (Fsp3) is 0.292. The Labute approximate surface area is 190 Å². The SMILES string of the molecule is CCCOc1ccc(-c2csc(NC(=O)COc3cccc(NC(=O)C4CC4)c3)n2)cc1. The number of rotatable bonds is 10. The lowest BCUT2D eigenvalue weighted by Crippen LogP contribution is -2.20. The maximum Gasteiger partial charge on any atom is 0.264 e. The Morgan fingerprint density at radius 2 is 1.88 bits per heavy atom.